The van der Waals surface area contributed by atoms with Crippen LogP contribution in [0.2, 0.25) is 0 Å². The zero-order valence-corrected chi connectivity index (χ0v) is 22.9. The van der Waals surface area contributed by atoms with Gasteiger partial charge in [-0.2, -0.15) is 0 Å². The summed E-state index contributed by atoms with van der Waals surface area (Å²) in [5.74, 6) is 1.52. The Morgan fingerprint density at radius 2 is 1.68 bits per heavy atom. The fourth-order valence-electron chi connectivity index (χ4n) is 5.35. The number of amides is 1. The van der Waals surface area contributed by atoms with Gasteiger partial charge in [-0.15, -0.1) is 10.1 Å². The first-order valence-electron chi connectivity index (χ1n) is 14.3. The quantitative estimate of drug-likeness (QED) is 0.0888. The number of aryl methyl sites for hydroxylation is 1. The number of rotatable bonds is 20. The van der Waals surface area contributed by atoms with Gasteiger partial charge in [0.05, 0.1) is 13.2 Å². The average Bonchev–Trinajstić information content (AvgIpc) is 3.37. The number of benzene rings is 1. The van der Waals surface area contributed by atoms with Crippen molar-refractivity contribution in [2.24, 2.45) is 11.8 Å². The highest BCUT2D eigenvalue weighted by Gasteiger charge is 2.28. The Labute approximate surface area is 227 Å². The first-order valence-corrected chi connectivity index (χ1v) is 14.3. The van der Waals surface area contributed by atoms with E-state index in [1.807, 2.05) is 18.2 Å². The third-order valence-electron chi connectivity index (χ3n) is 7.50. The van der Waals surface area contributed by atoms with Crippen LogP contribution in [-0.2, 0) is 25.5 Å². The zero-order valence-electron chi connectivity index (χ0n) is 22.9. The molecule has 214 valence electrons. The van der Waals surface area contributed by atoms with Gasteiger partial charge in [0.2, 0.25) is 5.91 Å². The molecule has 1 amide bonds. The third-order valence-corrected chi connectivity index (χ3v) is 7.50. The Morgan fingerprint density at radius 3 is 2.42 bits per heavy atom. The topological polar surface area (TPSA) is 117 Å². The second-order valence-corrected chi connectivity index (χ2v) is 10.3. The van der Waals surface area contributed by atoms with Crippen LogP contribution in [0.4, 0.5) is 4.79 Å². The standard InChI is InChI=1S/C29H46N2O7/c1-30-28(32)17-8-3-2-7-14-25-15-11-16-26(25)19-21-27(20-18-24-12-5-4-6-13-24)38-29(33)36-22-9-10-23-37-31(34)35/h4-6,12-13,25-27H,2-3,7-11,14-23H2,1H3,(H,30,32)/t25-,26+,27-/m0/s1. The summed E-state index contributed by atoms with van der Waals surface area (Å²) < 4.78 is 11.0. The van der Waals surface area contributed by atoms with Crippen molar-refractivity contribution in [3.05, 3.63) is 46.0 Å². The largest absolute Gasteiger partial charge is 0.508 e. The summed E-state index contributed by atoms with van der Waals surface area (Å²) in [4.78, 5) is 38.2. The van der Waals surface area contributed by atoms with Crippen LogP contribution < -0.4 is 5.32 Å². The van der Waals surface area contributed by atoms with E-state index in [9.17, 15) is 19.7 Å². The van der Waals surface area contributed by atoms with E-state index in [2.05, 4.69) is 22.3 Å². The second kappa shape index (κ2) is 19.3. The van der Waals surface area contributed by atoms with Gasteiger partial charge >= 0.3 is 6.16 Å². The Bertz CT molecular complexity index is 805. The summed E-state index contributed by atoms with van der Waals surface area (Å²) in [5, 5.41) is 12.0. The number of nitrogens with one attached hydrogen (secondary N) is 1. The molecule has 3 atom stereocenters. The molecule has 1 N–H and O–H groups in total. The van der Waals surface area contributed by atoms with E-state index in [1.165, 1.54) is 44.1 Å². The summed E-state index contributed by atoms with van der Waals surface area (Å²) in [6.45, 7) is 0.142. The minimum atomic E-state index is -0.822. The molecule has 2 rings (SSSR count). The van der Waals surface area contributed by atoms with Gasteiger partial charge in [-0.05, 0) is 62.3 Å². The van der Waals surface area contributed by atoms with Gasteiger partial charge in [-0.1, -0.05) is 75.3 Å². The lowest BCUT2D eigenvalue weighted by Crippen LogP contribution is -2.22. The molecule has 0 unspecified atom stereocenters. The predicted molar refractivity (Wildman–Crippen MR) is 145 cm³/mol. The molecule has 0 heterocycles. The molecule has 1 aliphatic carbocycles. The monoisotopic (exact) mass is 534 g/mol. The molecule has 38 heavy (non-hydrogen) atoms. The van der Waals surface area contributed by atoms with Crippen LogP contribution in [0, 0.1) is 22.0 Å². The van der Waals surface area contributed by atoms with Gasteiger partial charge in [0.25, 0.3) is 5.09 Å². The van der Waals surface area contributed by atoms with Crippen molar-refractivity contribution in [1.82, 2.24) is 5.32 Å². The maximum Gasteiger partial charge on any atom is 0.508 e. The van der Waals surface area contributed by atoms with E-state index in [0.29, 0.717) is 25.2 Å². The fraction of sp³-hybridized carbons (Fsp3) is 0.724. The molecule has 1 fully saturated rings. The summed E-state index contributed by atoms with van der Waals surface area (Å²) >= 11 is 0. The average molecular weight is 535 g/mol. The van der Waals surface area contributed by atoms with Crippen LogP contribution in [0.5, 0.6) is 0 Å². The zero-order chi connectivity index (χ0) is 27.4. The summed E-state index contributed by atoms with van der Waals surface area (Å²) in [6, 6.07) is 10.2. The maximum absolute atomic E-state index is 12.3. The molecule has 1 aromatic rings. The molecule has 1 aromatic carbocycles. The molecule has 0 aliphatic heterocycles. The number of nitrogens with zero attached hydrogens (tertiary/aromatic N) is 1. The molecule has 9 heteroatoms. The van der Waals surface area contributed by atoms with Gasteiger partial charge in [-0.25, -0.2) is 4.79 Å². The van der Waals surface area contributed by atoms with Crippen LogP contribution in [0.15, 0.2) is 30.3 Å². The van der Waals surface area contributed by atoms with E-state index in [1.54, 1.807) is 7.05 Å². The minimum Gasteiger partial charge on any atom is -0.434 e. The van der Waals surface area contributed by atoms with Gasteiger partial charge in [0.15, 0.2) is 0 Å². The second-order valence-electron chi connectivity index (χ2n) is 10.3. The van der Waals surface area contributed by atoms with Crippen molar-refractivity contribution in [2.75, 3.05) is 20.3 Å². The maximum atomic E-state index is 12.3. The van der Waals surface area contributed by atoms with Crippen molar-refractivity contribution >= 4 is 12.1 Å². The molecule has 1 aliphatic rings. The van der Waals surface area contributed by atoms with E-state index in [0.717, 1.165) is 44.4 Å². The molecule has 0 bridgehead atoms. The highest BCUT2D eigenvalue weighted by atomic mass is 16.9. The van der Waals surface area contributed by atoms with Crippen LogP contribution in [0.25, 0.3) is 0 Å². The predicted octanol–water partition coefficient (Wildman–Crippen LogP) is 6.41. The van der Waals surface area contributed by atoms with Crippen molar-refractivity contribution < 1.29 is 29.0 Å². The van der Waals surface area contributed by atoms with Gasteiger partial charge in [0.1, 0.15) is 6.10 Å². The highest BCUT2D eigenvalue weighted by Crippen LogP contribution is 2.39. The van der Waals surface area contributed by atoms with E-state index in [-0.39, 0.29) is 25.2 Å². The van der Waals surface area contributed by atoms with Crippen molar-refractivity contribution in [1.29, 1.82) is 0 Å². The minimum absolute atomic E-state index is 0.0102. The van der Waals surface area contributed by atoms with Crippen LogP contribution in [0.1, 0.15) is 95.5 Å². The third kappa shape index (κ3) is 14.2. The summed E-state index contributed by atoms with van der Waals surface area (Å²) in [5.41, 5.74) is 1.22. The molecule has 0 saturated heterocycles. The van der Waals surface area contributed by atoms with Gasteiger partial charge < -0.3 is 19.6 Å². The highest BCUT2D eigenvalue weighted by molar-refractivity contribution is 5.75. The number of carbonyl (C=O) groups excluding carboxylic acids is 2. The first kappa shape index (κ1) is 31.4. The van der Waals surface area contributed by atoms with Crippen molar-refractivity contribution in [3.63, 3.8) is 0 Å². The summed E-state index contributed by atoms with van der Waals surface area (Å²) in [6.07, 6.45) is 13.6. The van der Waals surface area contributed by atoms with E-state index < -0.39 is 11.2 Å². The number of hydrogen-bond acceptors (Lipinski definition) is 7. The molecule has 0 aromatic heterocycles. The van der Waals surface area contributed by atoms with Crippen LogP contribution >= 0.6 is 0 Å². The number of carbonyl (C=O) groups is 2. The van der Waals surface area contributed by atoms with Crippen molar-refractivity contribution in [3.8, 4) is 0 Å². The Morgan fingerprint density at radius 1 is 0.974 bits per heavy atom. The first-order chi connectivity index (χ1) is 18.5. The van der Waals surface area contributed by atoms with Gasteiger partial charge in [0, 0.05) is 13.5 Å². The normalized spacial score (nSPS) is 17.5. The van der Waals surface area contributed by atoms with Crippen LogP contribution in [-0.4, -0.2) is 43.5 Å². The Kier molecular flexibility index (Phi) is 15.9. The molecule has 0 radical (unpaired) electrons. The number of ether oxygens (including phenoxy) is 2. The number of unbranched alkanes of at least 4 members (excludes halogenated alkanes) is 4. The lowest BCUT2D eigenvalue weighted by atomic mass is 9.86. The Hall–Kier alpha value is -2.84. The molecular weight excluding hydrogens is 488 g/mol. The molecule has 0 spiro atoms. The smallest absolute Gasteiger partial charge is 0.434 e. The lowest BCUT2D eigenvalue weighted by molar-refractivity contribution is -0.757. The van der Waals surface area contributed by atoms with Crippen molar-refractivity contribution in [2.45, 2.75) is 102 Å². The van der Waals surface area contributed by atoms with E-state index >= 15 is 0 Å². The summed E-state index contributed by atoms with van der Waals surface area (Å²) in [7, 11) is 1.68. The molecule has 1 saturated carbocycles. The SMILES string of the molecule is CNC(=O)CCCCCC[C@H]1CCC[C@@H]1CC[C@H](CCc1ccccc1)OC(=O)OCCCCO[N+](=O)[O-]. The van der Waals surface area contributed by atoms with E-state index in [4.69, 9.17) is 9.47 Å². The van der Waals surface area contributed by atoms with Crippen LogP contribution in [0.3, 0.4) is 0 Å². The fourth-order valence-corrected chi connectivity index (χ4v) is 5.35. The molecular formula is C29H46N2O7. The number of hydrogen-bond donors (Lipinski definition) is 1. The lowest BCUT2D eigenvalue weighted by Gasteiger charge is -2.23. The Balaban J connectivity index is 1.74. The molecule has 9 nitrogen and oxygen atoms in total. The van der Waals surface area contributed by atoms with Gasteiger partial charge in [-0.3, -0.25) is 4.79 Å².